The molecule has 0 radical (unpaired) electrons. The first-order valence-electron chi connectivity index (χ1n) is 9.17. The van der Waals surface area contributed by atoms with Crippen molar-refractivity contribution in [3.8, 4) is 17.2 Å². The van der Waals surface area contributed by atoms with Crippen LogP contribution in [0.1, 0.15) is 6.42 Å². The van der Waals surface area contributed by atoms with Crippen LogP contribution in [-0.2, 0) is 0 Å². The van der Waals surface area contributed by atoms with Crippen LogP contribution >= 0.6 is 0 Å². The van der Waals surface area contributed by atoms with E-state index in [0.29, 0.717) is 12.4 Å². The number of hydrogen-bond donors (Lipinski definition) is 0. The molecule has 1 aliphatic heterocycles. The van der Waals surface area contributed by atoms with Crippen LogP contribution in [0.3, 0.4) is 0 Å². The Morgan fingerprint density at radius 2 is 1.58 bits per heavy atom. The van der Waals surface area contributed by atoms with Gasteiger partial charge in [-0.3, -0.25) is 4.90 Å². The zero-order valence-electron chi connectivity index (χ0n) is 15.7. The maximum absolute atomic E-state index is 5.86. The SMILES string of the molecule is COc1ccc(OCCCN2CCN(c3ccccc3)CC2)cc1OC. The molecule has 0 saturated carbocycles. The van der Waals surface area contributed by atoms with Crippen LogP contribution in [0.4, 0.5) is 5.69 Å². The number of methoxy groups -OCH3 is 2. The van der Waals surface area contributed by atoms with Crippen LogP contribution < -0.4 is 19.1 Å². The maximum atomic E-state index is 5.86. The lowest BCUT2D eigenvalue weighted by molar-refractivity contribution is 0.224. The van der Waals surface area contributed by atoms with Crippen molar-refractivity contribution < 1.29 is 14.2 Å². The summed E-state index contributed by atoms with van der Waals surface area (Å²) < 4.78 is 16.4. The maximum Gasteiger partial charge on any atom is 0.164 e. The third-order valence-corrected chi connectivity index (χ3v) is 4.74. The Morgan fingerprint density at radius 3 is 2.27 bits per heavy atom. The van der Waals surface area contributed by atoms with Crippen LogP contribution in [0.2, 0.25) is 0 Å². The Balaban J connectivity index is 1.37. The van der Waals surface area contributed by atoms with E-state index in [0.717, 1.165) is 50.6 Å². The largest absolute Gasteiger partial charge is 0.493 e. The zero-order chi connectivity index (χ0) is 18.2. The van der Waals surface area contributed by atoms with Gasteiger partial charge in [-0.05, 0) is 30.7 Å². The van der Waals surface area contributed by atoms with Gasteiger partial charge in [0.2, 0.25) is 0 Å². The van der Waals surface area contributed by atoms with E-state index >= 15 is 0 Å². The zero-order valence-corrected chi connectivity index (χ0v) is 15.7. The summed E-state index contributed by atoms with van der Waals surface area (Å²) in [5.74, 6) is 2.23. The third kappa shape index (κ3) is 4.82. The molecule has 5 heteroatoms. The molecule has 2 aromatic carbocycles. The van der Waals surface area contributed by atoms with Gasteiger partial charge >= 0.3 is 0 Å². The molecular formula is C21H28N2O3. The van der Waals surface area contributed by atoms with Gasteiger partial charge in [0, 0.05) is 44.5 Å². The average molecular weight is 356 g/mol. The van der Waals surface area contributed by atoms with Gasteiger partial charge in [0.1, 0.15) is 5.75 Å². The van der Waals surface area contributed by atoms with Crippen LogP contribution in [0, 0.1) is 0 Å². The van der Waals surface area contributed by atoms with E-state index in [4.69, 9.17) is 14.2 Å². The number of ether oxygens (including phenoxy) is 3. The van der Waals surface area contributed by atoms with Gasteiger partial charge < -0.3 is 19.1 Å². The van der Waals surface area contributed by atoms with Gasteiger partial charge in [-0.2, -0.15) is 0 Å². The lowest BCUT2D eigenvalue weighted by Gasteiger charge is -2.36. The second-order valence-corrected chi connectivity index (χ2v) is 6.38. The number of para-hydroxylation sites is 1. The minimum Gasteiger partial charge on any atom is -0.493 e. The lowest BCUT2D eigenvalue weighted by Crippen LogP contribution is -2.46. The van der Waals surface area contributed by atoms with Gasteiger partial charge in [-0.25, -0.2) is 0 Å². The van der Waals surface area contributed by atoms with E-state index < -0.39 is 0 Å². The second kappa shape index (κ2) is 9.34. The molecule has 1 heterocycles. The monoisotopic (exact) mass is 356 g/mol. The first kappa shape index (κ1) is 18.4. The molecule has 0 amide bonds. The highest BCUT2D eigenvalue weighted by molar-refractivity contribution is 5.46. The van der Waals surface area contributed by atoms with Gasteiger partial charge in [0.15, 0.2) is 11.5 Å². The molecular weight excluding hydrogens is 328 g/mol. The fourth-order valence-corrected chi connectivity index (χ4v) is 3.25. The molecule has 0 atom stereocenters. The number of piperazine rings is 1. The predicted octanol–water partition coefficient (Wildman–Crippen LogP) is 3.29. The molecule has 0 unspecified atom stereocenters. The van der Waals surface area contributed by atoms with Crippen molar-refractivity contribution in [1.82, 2.24) is 4.90 Å². The molecule has 1 fully saturated rings. The summed E-state index contributed by atoms with van der Waals surface area (Å²) in [5.41, 5.74) is 1.32. The van der Waals surface area contributed by atoms with Crippen LogP contribution in [0.25, 0.3) is 0 Å². The number of benzene rings is 2. The quantitative estimate of drug-likeness (QED) is 0.678. The molecule has 2 aromatic rings. The summed E-state index contributed by atoms with van der Waals surface area (Å²) in [7, 11) is 3.27. The summed E-state index contributed by atoms with van der Waals surface area (Å²) in [6, 6.07) is 16.3. The number of rotatable bonds is 8. The fourth-order valence-electron chi connectivity index (χ4n) is 3.25. The van der Waals surface area contributed by atoms with Gasteiger partial charge in [-0.1, -0.05) is 18.2 Å². The molecule has 26 heavy (non-hydrogen) atoms. The van der Waals surface area contributed by atoms with E-state index in [2.05, 4.69) is 40.1 Å². The van der Waals surface area contributed by atoms with Gasteiger partial charge in [0.25, 0.3) is 0 Å². The standard InChI is InChI=1S/C21H28N2O3/c1-24-20-10-9-19(17-21(20)25-2)26-16-6-11-22-12-14-23(15-13-22)18-7-4-3-5-8-18/h3-5,7-10,17H,6,11-16H2,1-2H3. The van der Waals surface area contributed by atoms with E-state index in [9.17, 15) is 0 Å². The molecule has 1 aliphatic rings. The summed E-state index contributed by atoms with van der Waals surface area (Å²) in [5, 5.41) is 0. The molecule has 0 aliphatic carbocycles. The highest BCUT2D eigenvalue weighted by atomic mass is 16.5. The van der Waals surface area contributed by atoms with Crippen LogP contribution in [0.5, 0.6) is 17.2 Å². The number of hydrogen-bond acceptors (Lipinski definition) is 5. The summed E-state index contributed by atoms with van der Waals surface area (Å²) in [6.07, 6.45) is 1.01. The highest BCUT2D eigenvalue weighted by Gasteiger charge is 2.16. The smallest absolute Gasteiger partial charge is 0.164 e. The Hall–Kier alpha value is -2.40. The van der Waals surface area contributed by atoms with Crippen molar-refractivity contribution in [1.29, 1.82) is 0 Å². The summed E-state index contributed by atoms with van der Waals surface area (Å²) >= 11 is 0. The molecule has 0 N–H and O–H groups in total. The Labute approximate surface area is 156 Å². The van der Waals surface area contributed by atoms with E-state index in [1.807, 2.05) is 18.2 Å². The van der Waals surface area contributed by atoms with E-state index in [1.54, 1.807) is 14.2 Å². The van der Waals surface area contributed by atoms with E-state index in [1.165, 1.54) is 5.69 Å². The Morgan fingerprint density at radius 1 is 0.846 bits per heavy atom. The molecule has 3 rings (SSSR count). The van der Waals surface area contributed by atoms with Gasteiger partial charge in [-0.15, -0.1) is 0 Å². The summed E-state index contributed by atoms with van der Waals surface area (Å²) in [6.45, 7) is 6.14. The summed E-state index contributed by atoms with van der Waals surface area (Å²) in [4.78, 5) is 4.97. The minimum absolute atomic E-state index is 0.696. The van der Waals surface area contributed by atoms with Crippen molar-refractivity contribution in [3.05, 3.63) is 48.5 Å². The van der Waals surface area contributed by atoms with Crippen LogP contribution in [-0.4, -0.2) is 58.5 Å². The molecule has 5 nitrogen and oxygen atoms in total. The number of nitrogens with zero attached hydrogens (tertiary/aromatic N) is 2. The highest BCUT2D eigenvalue weighted by Crippen LogP contribution is 2.30. The Bertz CT molecular complexity index is 670. The third-order valence-electron chi connectivity index (χ3n) is 4.74. The topological polar surface area (TPSA) is 34.2 Å². The molecule has 140 valence electrons. The normalized spacial score (nSPS) is 14.9. The molecule has 0 spiro atoms. The van der Waals surface area contributed by atoms with Crippen molar-refractivity contribution in [3.63, 3.8) is 0 Å². The van der Waals surface area contributed by atoms with Crippen LogP contribution in [0.15, 0.2) is 48.5 Å². The van der Waals surface area contributed by atoms with Crippen molar-refractivity contribution >= 4 is 5.69 Å². The molecule has 0 bridgehead atoms. The Kier molecular flexibility index (Phi) is 6.61. The van der Waals surface area contributed by atoms with Gasteiger partial charge in [0.05, 0.1) is 20.8 Å². The fraction of sp³-hybridized carbons (Fsp3) is 0.429. The van der Waals surface area contributed by atoms with E-state index in [-0.39, 0.29) is 0 Å². The lowest BCUT2D eigenvalue weighted by atomic mass is 10.2. The minimum atomic E-state index is 0.696. The van der Waals surface area contributed by atoms with Crippen molar-refractivity contribution in [2.75, 3.05) is 58.5 Å². The first-order chi connectivity index (χ1) is 12.8. The predicted molar refractivity (Wildman–Crippen MR) is 105 cm³/mol. The second-order valence-electron chi connectivity index (χ2n) is 6.38. The van der Waals surface area contributed by atoms with Crippen molar-refractivity contribution in [2.24, 2.45) is 0 Å². The number of anilines is 1. The first-order valence-corrected chi connectivity index (χ1v) is 9.17. The average Bonchev–Trinajstić information content (AvgIpc) is 2.72. The molecule has 0 aromatic heterocycles. The molecule has 1 saturated heterocycles. The van der Waals surface area contributed by atoms with Crippen molar-refractivity contribution in [2.45, 2.75) is 6.42 Å².